The standard InChI is InChI=1S/C11H23NO/c1-3-6-12-9-10(2)8-11-5-4-7-13-11/h10-12H,3-9H2,1-2H3. The molecule has 1 N–H and O–H groups in total. The summed E-state index contributed by atoms with van der Waals surface area (Å²) < 4.78 is 5.60. The van der Waals surface area contributed by atoms with Crippen LogP contribution in [0.2, 0.25) is 0 Å². The number of hydrogen-bond acceptors (Lipinski definition) is 2. The lowest BCUT2D eigenvalue weighted by atomic mass is 10.0. The van der Waals surface area contributed by atoms with Gasteiger partial charge in [-0.3, -0.25) is 0 Å². The molecule has 0 aromatic heterocycles. The Morgan fingerprint density at radius 1 is 1.54 bits per heavy atom. The van der Waals surface area contributed by atoms with Crippen LogP contribution in [0.1, 0.15) is 39.5 Å². The first-order chi connectivity index (χ1) is 6.33. The van der Waals surface area contributed by atoms with E-state index in [0.29, 0.717) is 6.10 Å². The Morgan fingerprint density at radius 2 is 2.38 bits per heavy atom. The summed E-state index contributed by atoms with van der Waals surface area (Å²) in [5.74, 6) is 0.759. The van der Waals surface area contributed by atoms with Crippen LogP contribution in [0.25, 0.3) is 0 Å². The van der Waals surface area contributed by atoms with Crippen molar-refractivity contribution in [3.05, 3.63) is 0 Å². The third kappa shape index (κ3) is 4.63. The van der Waals surface area contributed by atoms with E-state index in [-0.39, 0.29) is 0 Å². The van der Waals surface area contributed by atoms with Crippen molar-refractivity contribution in [1.82, 2.24) is 5.32 Å². The van der Waals surface area contributed by atoms with E-state index >= 15 is 0 Å². The zero-order chi connectivity index (χ0) is 9.52. The molecule has 2 atom stereocenters. The lowest BCUT2D eigenvalue weighted by Crippen LogP contribution is -2.24. The monoisotopic (exact) mass is 185 g/mol. The van der Waals surface area contributed by atoms with Gasteiger partial charge in [-0.2, -0.15) is 0 Å². The number of rotatable bonds is 6. The molecular formula is C11H23NO. The van der Waals surface area contributed by atoms with Gasteiger partial charge in [-0.25, -0.2) is 0 Å². The van der Waals surface area contributed by atoms with E-state index in [0.717, 1.165) is 25.6 Å². The molecule has 2 heteroatoms. The van der Waals surface area contributed by atoms with Crippen LogP contribution < -0.4 is 5.32 Å². The van der Waals surface area contributed by atoms with E-state index in [1.165, 1.54) is 25.7 Å². The maximum absolute atomic E-state index is 5.60. The van der Waals surface area contributed by atoms with Crippen LogP contribution in [0.4, 0.5) is 0 Å². The maximum atomic E-state index is 5.60. The van der Waals surface area contributed by atoms with Gasteiger partial charge in [0, 0.05) is 6.61 Å². The minimum Gasteiger partial charge on any atom is -0.378 e. The first kappa shape index (κ1) is 11.0. The predicted octanol–water partition coefficient (Wildman–Crippen LogP) is 2.19. The normalized spacial score (nSPS) is 24.9. The van der Waals surface area contributed by atoms with Gasteiger partial charge in [-0.05, 0) is 44.7 Å². The molecule has 1 fully saturated rings. The minimum absolute atomic E-state index is 0.554. The Kier molecular flexibility index (Phi) is 5.40. The topological polar surface area (TPSA) is 21.3 Å². The van der Waals surface area contributed by atoms with Crippen LogP contribution in [0.15, 0.2) is 0 Å². The van der Waals surface area contributed by atoms with E-state index < -0.39 is 0 Å². The van der Waals surface area contributed by atoms with Gasteiger partial charge in [0.15, 0.2) is 0 Å². The summed E-state index contributed by atoms with van der Waals surface area (Å²) >= 11 is 0. The van der Waals surface area contributed by atoms with E-state index in [1.54, 1.807) is 0 Å². The fourth-order valence-electron chi connectivity index (χ4n) is 1.89. The lowest BCUT2D eigenvalue weighted by Gasteiger charge is -2.16. The van der Waals surface area contributed by atoms with E-state index in [1.807, 2.05) is 0 Å². The molecule has 2 nitrogen and oxygen atoms in total. The fraction of sp³-hybridized carbons (Fsp3) is 1.00. The second-order valence-electron chi connectivity index (χ2n) is 4.18. The molecule has 0 saturated carbocycles. The summed E-state index contributed by atoms with van der Waals surface area (Å²) in [5, 5.41) is 3.45. The average Bonchev–Trinajstić information content (AvgIpc) is 2.57. The molecule has 13 heavy (non-hydrogen) atoms. The summed E-state index contributed by atoms with van der Waals surface area (Å²) in [5.41, 5.74) is 0. The predicted molar refractivity (Wildman–Crippen MR) is 55.9 cm³/mol. The molecule has 1 rings (SSSR count). The molecular weight excluding hydrogens is 162 g/mol. The van der Waals surface area contributed by atoms with Gasteiger partial charge >= 0.3 is 0 Å². The van der Waals surface area contributed by atoms with Crippen LogP contribution >= 0.6 is 0 Å². The Balaban J connectivity index is 1.99. The molecule has 0 spiro atoms. The molecule has 0 amide bonds. The first-order valence-electron chi connectivity index (χ1n) is 5.65. The zero-order valence-electron chi connectivity index (χ0n) is 9.01. The number of hydrogen-bond donors (Lipinski definition) is 1. The van der Waals surface area contributed by atoms with E-state index in [4.69, 9.17) is 4.74 Å². The number of ether oxygens (including phenoxy) is 1. The highest BCUT2D eigenvalue weighted by atomic mass is 16.5. The molecule has 1 aliphatic rings. The zero-order valence-corrected chi connectivity index (χ0v) is 9.01. The van der Waals surface area contributed by atoms with Crippen molar-refractivity contribution in [3.8, 4) is 0 Å². The molecule has 0 aromatic carbocycles. The molecule has 1 heterocycles. The van der Waals surface area contributed by atoms with Crippen molar-refractivity contribution in [2.24, 2.45) is 5.92 Å². The highest BCUT2D eigenvalue weighted by Crippen LogP contribution is 2.19. The summed E-state index contributed by atoms with van der Waals surface area (Å²) in [6.07, 6.45) is 5.56. The van der Waals surface area contributed by atoms with Crippen LogP contribution in [-0.2, 0) is 4.74 Å². The first-order valence-corrected chi connectivity index (χ1v) is 5.65. The average molecular weight is 185 g/mol. The molecule has 0 bridgehead atoms. The van der Waals surface area contributed by atoms with Gasteiger partial charge in [-0.15, -0.1) is 0 Å². The van der Waals surface area contributed by atoms with Crippen LogP contribution in [0, 0.1) is 5.92 Å². The fourth-order valence-corrected chi connectivity index (χ4v) is 1.89. The smallest absolute Gasteiger partial charge is 0.0579 e. The van der Waals surface area contributed by atoms with Crippen molar-refractivity contribution < 1.29 is 4.74 Å². The summed E-state index contributed by atoms with van der Waals surface area (Å²) in [6, 6.07) is 0. The van der Waals surface area contributed by atoms with E-state index in [2.05, 4.69) is 19.2 Å². The van der Waals surface area contributed by atoms with Crippen LogP contribution in [0.5, 0.6) is 0 Å². The highest BCUT2D eigenvalue weighted by Gasteiger charge is 2.17. The molecule has 78 valence electrons. The van der Waals surface area contributed by atoms with Gasteiger partial charge in [0.05, 0.1) is 6.10 Å². The molecule has 0 aromatic rings. The molecule has 0 aliphatic carbocycles. The molecule has 0 radical (unpaired) electrons. The minimum atomic E-state index is 0.554. The third-order valence-electron chi connectivity index (χ3n) is 2.61. The van der Waals surface area contributed by atoms with Crippen molar-refractivity contribution >= 4 is 0 Å². The maximum Gasteiger partial charge on any atom is 0.0579 e. The van der Waals surface area contributed by atoms with Crippen molar-refractivity contribution in [2.45, 2.75) is 45.6 Å². The van der Waals surface area contributed by atoms with Gasteiger partial charge in [-0.1, -0.05) is 13.8 Å². The third-order valence-corrected chi connectivity index (χ3v) is 2.61. The Hall–Kier alpha value is -0.0800. The number of nitrogens with one attached hydrogen (secondary N) is 1. The molecule has 1 aliphatic heterocycles. The molecule has 1 saturated heterocycles. The lowest BCUT2D eigenvalue weighted by molar-refractivity contribution is 0.0917. The van der Waals surface area contributed by atoms with Gasteiger partial charge in [0.2, 0.25) is 0 Å². The summed E-state index contributed by atoms with van der Waals surface area (Å²) in [4.78, 5) is 0. The van der Waals surface area contributed by atoms with Crippen LogP contribution in [-0.4, -0.2) is 25.8 Å². The second kappa shape index (κ2) is 6.39. The van der Waals surface area contributed by atoms with Crippen LogP contribution in [0.3, 0.4) is 0 Å². The van der Waals surface area contributed by atoms with Crippen molar-refractivity contribution in [1.29, 1.82) is 0 Å². The Labute approximate surface area is 82.0 Å². The Bertz CT molecular complexity index is 121. The highest BCUT2D eigenvalue weighted by molar-refractivity contribution is 4.69. The largest absolute Gasteiger partial charge is 0.378 e. The second-order valence-corrected chi connectivity index (χ2v) is 4.18. The SMILES string of the molecule is CCCNCC(C)CC1CCCO1. The quantitative estimate of drug-likeness (QED) is 0.640. The van der Waals surface area contributed by atoms with Crippen molar-refractivity contribution in [3.63, 3.8) is 0 Å². The Morgan fingerprint density at radius 3 is 3.00 bits per heavy atom. The van der Waals surface area contributed by atoms with E-state index in [9.17, 15) is 0 Å². The summed E-state index contributed by atoms with van der Waals surface area (Å²) in [6.45, 7) is 7.80. The van der Waals surface area contributed by atoms with Gasteiger partial charge in [0.25, 0.3) is 0 Å². The molecule has 2 unspecified atom stereocenters. The summed E-state index contributed by atoms with van der Waals surface area (Å²) in [7, 11) is 0. The van der Waals surface area contributed by atoms with Gasteiger partial charge < -0.3 is 10.1 Å². The van der Waals surface area contributed by atoms with Crippen molar-refractivity contribution in [2.75, 3.05) is 19.7 Å². The van der Waals surface area contributed by atoms with Gasteiger partial charge in [0.1, 0.15) is 0 Å².